The molecule has 4 N–H and O–H groups in total. The second kappa shape index (κ2) is 12.0. The summed E-state index contributed by atoms with van der Waals surface area (Å²) in [6, 6.07) is 8.81. The molecule has 0 radical (unpaired) electrons. The number of ether oxygens (including phenoxy) is 1. The zero-order valence-corrected chi connectivity index (χ0v) is 21.0. The number of hydrogen-bond acceptors (Lipinski definition) is 6. The van der Waals surface area contributed by atoms with E-state index >= 15 is 0 Å². The summed E-state index contributed by atoms with van der Waals surface area (Å²) in [6.07, 6.45) is 4.13. The molecule has 0 aliphatic heterocycles. The van der Waals surface area contributed by atoms with E-state index in [1.54, 1.807) is 29.7 Å². The van der Waals surface area contributed by atoms with Crippen molar-refractivity contribution in [1.82, 2.24) is 9.88 Å². The second-order valence-corrected chi connectivity index (χ2v) is 9.68. The Hall–Kier alpha value is -3.37. The number of nitrogens with zero attached hydrogens (tertiary/aromatic N) is 2. The highest BCUT2D eigenvalue weighted by molar-refractivity contribution is 7.13. The summed E-state index contributed by atoms with van der Waals surface area (Å²) < 4.78 is 44.9. The van der Waals surface area contributed by atoms with Crippen molar-refractivity contribution >= 4 is 23.1 Å². The lowest BCUT2D eigenvalue weighted by atomic mass is 9.93. The smallest absolute Gasteiger partial charge is 0.252 e. The van der Waals surface area contributed by atoms with Gasteiger partial charge < -0.3 is 21.1 Å². The Morgan fingerprint density at radius 2 is 1.86 bits per heavy atom. The number of rotatable bonds is 12. The molecule has 3 aromatic rings. The fourth-order valence-electron chi connectivity index (χ4n) is 3.51. The minimum Gasteiger partial charge on any atom is -0.489 e. The predicted octanol–water partition coefficient (Wildman–Crippen LogP) is 5.05. The van der Waals surface area contributed by atoms with Crippen LogP contribution in [-0.2, 0) is 6.54 Å². The molecule has 0 bridgehead atoms. The van der Waals surface area contributed by atoms with E-state index in [1.165, 1.54) is 17.7 Å². The van der Waals surface area contributed by atoms with Crippen molar-refractivity contribution in [3.63, 3.8) is 0 Å². The second-order valence-electron chi connectivity index (χ2n) is 8.77. The number of aromatic nitrogens is 1. The van der Waals surface area contributed by atoms with Gasteiger partial charge in [0.05, 0.1) is 11.0 Å². The minimum atomic E-state index is -1.83. The summed E-state index contributed by atoms with van der Waals surface area (Å²) in [7, 11) is 4.01. The van der Waals surface area contributed by atoms with Crippen molar-refractivity contribution in [2.24, 2.45) is 11.1 Å². The number of alkyl halides is 3. The van der Waals surface area contributed by atoms with E-state index in [-0.39, 0.29) is 17.9 Å². The largest absolute Gasteiger partial charge is 0.489 e. The Bertz CT molecular complexity index is 1220. The molecule has 0 fully saturated rings. The van der Waals surface area contributed by atoms with E-state index < -0.39 is 31.3 Å². The van der Waals surface area contributed by atoms with Gasteiger partial charge in [-0.15, -0.1) is 11.3 Å². The summed E-state index contributed by atoms with van der Waals surface area (Å²) in [6.45, 7) is -2.87. The van der Waals surface area contributed by atoms with Gasteiger partial charge in [-0.2, -0.15) is 0 Å². The molecule has 6 nitrogen and oxygen atoms in total. The highest BCUT2D eigenvalue weighted by Crippen LogP contribution is 2.35. The average Bonchev–Trinajstić information content (AvgIpc) is 3.32. The number of pyridine rings is 1. The van der Waals surface area contributed by atoms with Gasteiger partial charge in [0.1, 0.15) is 38.2 Å². The van der Waals surface area contributed by atoms with E-state index in [1.807, 2.05) is 20.2 Å². The van der Waals surface area contributed by atoms with Gasteiger partial charge >= 0.3 is 0 Å². The molecule has 3 rings (SSSR count). The van der Waals surface area contributed by atoms with Crippen LogP contribution in [0.2, 0.25) is 0 Å². The van der Waals surface area contributed by atoms with Crippen molar-refractivity contribution in [2.75, 3.05) is 46.5 Å². The first-order valence-corrected chi connectivity index (χ1v) is 12.0. The summed E-state index contributed by atoms with van der Waals surface area (Å²) >= 11 is 1.60. The number of amides is 1. The third-order valence-electron chi connectivity index (χ3n) is 5.52. The van der Waals surface area contributed by atoms with Crippen LogP contribution in [0.3, 0.4) is 0 Å². The Balaban J connectivity index is 1.90. The SMILES string of the molecule is CN(C)Cc1csc(-c2cnc(N)c(-c3ccc(C(N)=O)c(OC/C=C\C(CF)(CF)CF)c3)c2)c1. The van der Waals surface area contributed by atoms with Gasteiger partial charge in [0.2, 0.25) is 0 Å². The Morgan fingerprint density at radius 3 is 2.50 bits per heavy atom. The topological polar surface area (TPSA) is 94.5 Å². The summed E-state index contributed by atoms with van der Waals surface area (Å²) in [5.74, 6) is -0.261. The van der Waals surface area contributed by atoms with Crippen molar-refractivity contribution in [3.8, 4) is 27.3 Å². The van der Waals surface area contributed by atoms with Crippen LogP contribution in [0.5, 0.6) is 5.75 Å². The summed E-state index contributed by atoms with van der Waals surface area (Å²) in [5, 5.41) is 2.09. The van der Waals surface area contributed by atoms with Gasteiger partial charge in [-0.05, 0) is 54.9 Å². The monoisotopic (exact) mass is 518 g/mol. The maximum absolute atomic E-state index is 13.1. The lowest BCUT2D eigenvalue weighted by Crippen LogP contribution is -2.26. The van der Waals surface area contributed by atoms with Gasteiger partial charge in [-0.3, -0.25) is 4.79 Å². The normalized spacial score (nSPS) is 11.9. The van der Waals surface area contributed by atoms with Crippen LogP contribution >= 0.6 is 11.3 Å². The van der Waals surface area contributed by atoms with Crippen molar-refractivity contribution < 1.29 is 22.7 Å². The number of benzene rings is 1. The van der Waals surface area contributed by atoms with Gasteiger partial charge in [0.15, 0.2) is 0 Å². The number of nitrogens with two attached hydrogens (primary N) is 2. The third-order valence-corrected chi connectivity index (χ3v) is 6.55. The van der Waals surface area contributed by atoms with E-state index in [0.29, 0.717) is 16.9 Å². The van der Waals surface area contributed by atoms with Crippen LogP contribution in [0.15, 0.2) is 54.1 Å². The number of carbonyl (C=O) groups excluding carboxylic acids is 1. The fraction of sp³-hybridized carbons (Fsp3) is 0.308. The molecule has 2 heterocycles. The quantitative estimate of drug-likeness (QED) is 0.327. The predicted molar refractivity (Wildman–Crippen MR) is 138 cm³/mol. The van der Waals surface area contributed by atoms with E-state index in [9.17, 15) is 18.0 Å². The lowest BCUT2D eigenvalue weighted by Gasteiger charge is -2.19. The van der Waals surface area contributed by atoms with Crippen LogP contribution in [0.4, 0.5) is 19.0 Å². The maximum atomic E-state index is 13.1. The Kier molecular flexibility index (Phi) is 9.11. The van der Waals surface area contributed by atoms with Gasteiger partial charge in [0, 0.05) is 28.7 Å². The van der Waals surface area contributed by atoms with E-state index in [2.05, 4.69) is 21.3 Å². The first-order valence-electron chi connectivity index (χ1n) is 11.1. The zero-order chi connectivity index (χ0) is 26.3. The molecule has 0 unspecified atom stereocenters. The van der Waals surface area contributed by atoms with Gasteiger partial charge in [-0.25, -0.2) is 18.2 Å². The highest BCUT2D eigenvalue weighted by Gasteiger charge is 2.27. The molecule has 0 spiro atoms. The summed E-state index contributed by atoms with van der Waals surface area (Å²) in [5.41, 5.74) is 13.3. The van der Waals surface area contributed by atoms with Crippen LogP contribution in [0, 0.1) is 5.41 Å². The molecule has 0 saturated heterocycles. The molecule has 0 atom stereocenters. The molecule has 1 amide bonds. The molecular formula is C26H29F3N4O2S. The molecule has 0 aliphatic rings. The fourth-order valence-corrected chi connectivity index (χ4v) is 4.39. The number of primary amides is 1. The van der Waals surface area contributed by atoms with Crippen LogP contribution in [0.25, 0.3) is 21.6 Å². The van der Waals surface area contributed by atoms with Gasteiger partial charge in [0.25, 0.3) is 5.91 Å². The first kappa shape index (κ1) is 27.2. The van der Waals surface area contributed by atoms with Crippen molar-refractivity contribution in [3.05, 3.63) is 65.2 Å². The standard InChI is InChI=1S/C26H29F3N4O2S/c1-33(2)12-17-8-23(36-13-17)19-9-21(24(30)32-11-19)18-4-5-20(25(31)34)22(10-18)35-7-3-6-26(14-27,15-28)16-29/h3-6,8-11,13H,7,12,14-16H2,1-2H3,(H2,30,32)(H2,31,34)/b6-3-. The maximum Gasteiger partial charge on any atom is 0.252 e. The average molecular weight is 519 g/mol. The van der Waals surface area contributed by atoms with Gasteiger partial charge in [-0.1, -0.05) is 18.2 Å². The first-order chi connectivity index (χ1) is 17.2. The lowest BCUT2D eigenvalue weighted by molar-refractivity contribution is 0.0997. The van der Waals surface area contributed by atoms with Crippen molar-refractivity contribution in [2.45, 2.75) is 6.54 Å². The number of carbonyl (C=O) groups is 1. The number of hydrogen-bond donors (Lipinski definition) is 2. The number of allylic oxidation sites excluding steroid dienone is 1. The zero-order valence-electron chi connectivity index (χ0n) is 20.1. The number of thiophene rings is 1. The van der Waals surface area contributed by atoms with Crippen LogP contribution < -0.4 is 16.2 Å². The molecule has 10 heteroatoms. The number of nitrogen functional groups attached to an aromatic ring is 1. The van der Waals surface area contributed by atoms with Crippen LogP contribution in [0.1, 0.15) is 15.9 Å². The molecule has 192 valence electrons. The molecule has 1 aromatic carbocycles. The molecule has 2 aromatic heterocycles. The minimum absolute atomic E-state index is 0.120. The third kappa shape index (κ3) is 6.44. The Morgan fingerprint density at radius 1 is 1.14 bits per heavy atom. The molecule has 0 saturated carbocycles. The number of halogens is 3. The van der Waals surface area contributed by atoms with E-state index in [0.717, 1.165) is 23.1 Å². The molecule has 36 heavy (non-hydrogen) atoms. The Labute approximate surface area is 212 Å². The number of anilines is 1. The van der Waals surface area contributed by atoms with Crippen LogP contribution in [-0.4, -0.2) is 56.5 Å². The van der Waals surface area contributed by atoms with E-state index in [4.69, 9.17) is 16.2 Å². The van der Waals surface area contributed by atoms with Crippen molar-refractivity contribution in [1.29, 1.82) is 0 Å². The summed E-state index contributed by atoms with van der Waals surface area (Å²) in [4.78, 5) is 19.4. The molecular weight excluding hydrogens is 489 g/mol. The molecule has 0 aliphatic carbocycles. The highest BCUT2D eigenvalue weighted by atomic mass is 32.1.